The van der Waals surface area contributed by atoms with Crippen LogP contribution in [0.5, 0.6) is 0 Å². The quantitative estimate of drug-likeness (QED) is 0.429. The van der Waals surface area contributed by atoms with Crippen LogP contribution in [-0.2, 0) is 4.74 Å². The second kappa shape index (κ2) is 8.07. The van der Waals surface area contributed by atoms with Crippen molar-refractivity contribution in [3.8, 4) is 16.8 Å². The van der Waals surface area contributed by atoms with Gasteiger partial charge in [-0.3, -0.25) is 0 Å². The molecule has 4 aromatic rings. The normalized spacial score (nSPS) is 13.9. The number of ether oxygens (including phenoxy) is 1. The van der Waals surface area contributed by atoms with E-state index in [0.29, 0.717) is 18.7 Å². The van der Waals surface area contributed by atoms with Crippen LogP contribution in [0.1, 0.15) is 23.1 Å². The van der Waals surface area contributed by atoms with Crippen LogP contribution in [0.25, 0.3) is 27.8 Å². The molecule has 0 N–H and O–H groups in total. The van der Waals surface area contributed by atoms with Crippen LogP contribution < -0.4 is 4.90 Å². The summed E-state index contributed by atoms with van der Waals surface area (Å²) >= 11 is 0. The van der Waals surface area contributed by atoms with Gasteiger partial charge in [0.15, 0.2) is 11.3 Å². The molecule has 2 aromatic carbocycles. The van der Waals surface area contributed by atoms with Gasteiger partial charge in [0.1, 0.15) is 6.17 Å². The molecule has 0 bridgehead atoms. The molecule has 0 saturated carbocycles. The average molecular weight is 430 g/mol. The first-order chi connectivity index (χ1) is 15.5. The number of hydrogen-bond donors (Lipinski definition) is 0. The molecule has 1 fully saturated rings. The van der Waals surface area contributed by atoms with Crippen LogP contribution in [0.3, 0.4) is 0 Å². The van der Waals surface area contributed by atoms with Crippen molar-refractivity contribution in [1.29, 1.82) is 0 Å². The predicted molar refractivity (Wildman–Crippen MR) is 122 cm³/mol. The first kappa shape index (κ1) is 20.2. The number of pyridine rings is 1. The van der Waals surface area contributed by atoms with Crippen LogP contribution in [-0.4, -0.2) is 46.6 Å². The van der Waals surface area contributed by atoms with E-state index in [-0.39, 0.29) is 12.3 Å². The number of alkyl halides is 1. The van der Waals surface area contributed by atoms with Crippen molar-refractivity contribution in [2.45, 2.75) is 20.0 Å². The molecule has 1 aliphatic heterocycles. The highest BCUT2D eigenvalue weighted by Crippen LogP contribution is 2.34. The summed E-state index contributed by atoms with van der Waals surface area (Å²) in [5, 5.41) is 5.60. The largest absolute Gasteiger partial charge is 0.461 e. The summed E-state index contributed by atoms with van der Waals surface area (Å²) in [5.41, 5.74) is 5.28. The lowest BCUT2D eigenvalue weighted by atomic mass is 10.00. The average Bonchev–Trinajstić information content (AvgIpc) is 3.14. The third-order valence-electron chi connectivity index (χ3n) is 5.68. The summed E-state index contributed by atoms with van der Waals surface area (Å²) in [6.45, 7) is 4.83. The van der Waals surface area contributed by atoms with E-state index in [1.807, 2.05) is 66.4 Å². The molecule has 2 aromatic heterocycles. The Hall–Kier alpha value is -3.74. The van der Waals surface area contributed by atoms with Crippen LogP contribution in [0, 0.1) is 6.92 Å². The van der Waals surface area contributed by atoms with Gasteiger partial charge in [-0.05, 0) is 55.3 Å². The lowest BCUT2D eigenvalue weighted by Gasteiger charge is -2.36. The number of carbonyl (C=O) groups is 1. The van der Waals surface area contributed by atoms with E-state index < -0.39 is 12.1 Å². The molecular formula is C25H23FN4O2. The lowest BCUT2D eigenvalue weighted by Crippen LogP contribution is -2.48. The van der Waals surface area contributed by atoms with Crippen molar-refractivity contribution in [3.63, 3.8) is 0 Å². The van der Waals surface area contributed by atoms with Crippen LogP contribution in [0.2, 0.25) is 0 Å². The van der Waals surface area contributed by atoms with E-state index in [0.717, 1.165) is 33.6 Å². The predicted octanol–water partition coefficient (Wildman–Crippen LogP) is 4.73. The minimum Gasteiger partial charge on any atom is -0.461 e. The number of carbonyl (C=O) groups excluding carboxylic acids is 1. The maximum Gasteiger partial charge on any atom is 0.357 e. The molecule has 32 heavy (non-hydrogen) atoms. The van der Waals surface area contributed by atoms with E-state index >= 15 is 0 Å². The summed E-state index contributed by atoms with van der Waals surface area (Å²) < 4.78 is 20.2. The number of fused-ring (bicyclic) bond motifs is 1. The number of para-hydroxylation sites is 1. The highest BCUT2D eigenvalue weighted by molar-refractivity contribution is 6.00. The van der Waals surface area contributed by atoms with E-state index in [1.54, 1.807) is 17.7 Å². The molecule has 0 aliphatic carbocycles. The molecule has 162 valence electrons. The zero-order valence-electron chi connectivity index (χ0n) is 18.0. The molecule has 0 atom stereocenters. The maximum absolute atomic E-state index is 13.2. The number of rotatable bonds is 5. The summed E-state index contributed by atoms with van der Waals surface area (Å²) in [7, 11) is 0. The summed E-state index contributed by atoms with van der Waals surface area (Å²) in [4.78, 5) is 19.2. The van der Waals surface area contributed by atoms with Gasteiger partial charge in [0.05, 0.1) is 36.5 Å². The summed E-state index contributed by atoms with van der Waals surface area (Å²) in [5.74, 6) is -0.472. The van der Waals surface area contributed by atoms with Crippen molar-refractivity contribution in [2.24, 2.45) is 0 Å². The van der Waals surface area contributed by atoms with Gasteiger partial charge in [-0.15, -0.1) is 0 Å². The Morgan fingerprint density at radius 1 is 1.09 bits per heavy atom. The molecule has 0 radical (unpaired) electrons. The number of halogens is 1. The fraction of sp³-hybridized carbons (Fsp3) is 0.240. The number of anilines is 1. The highest BCUT2D eigenvalue weighted by atomic mass is 19.1. The first-order valence-electron chi connectivity index (χ1n) is 10.7. The number of nitrogens with zero attached hydrogens (tertiary/aromatic N) is 4. The Balaban J connectivity index is 1.67. The van der Waals surface area contributed by atoms with Crippen LogP contribution in [0.4, 0.5) is 10.1 Å². The second-order valence-corrected chi connectivity index (χ2v) is 7.86. The maximum atomic E-state index is 13.2. The number of aryl methyl sites for hydroxylation is 1. The van der Waals surface area contributed by atoms with Crippen molar-refractivity contribution in [2.75, 3.05) is 24.6 Å². The number of hydrogen-bond acceptors (Lipinski definition) is 5. The Kier molecular flexibility index (Phi) is 5.09. The SMILES string of the molecule is CCOC(=O)c1cc(-c2ccc(N3CC(F)C3)cc2)c2c(C)nn(-c3ccccc3)c2n1. The first-order valence-corrected chi connectivity index (χ1v) is 10.7. The Labute approximate surface area is 185 Å². The molecule has 0 amide bonds. The van der Waals surface area contributed by atoms with Gasteiger partial charge in [0, 0.05) is 5.69 Å². The standard InChI is InChI=1S/C25H23FN4O2/c1-3-32-25(31)22-13-21(17-9-11-19(12-10-17)29-14-18(26)15-29)23-16(2)28-30(24(23)27-22)20-7-5-4-6-8-20/h4-13,18H,3,14-15H2,1-2H3. The molecule has 7 heteroatoms. The van der Waals surface area contributed by atoms with Gasteiger partial charge in [-0.25, -0.2) is 18.9 Å². The summed E-state index contributed by atoms with van der Waals surface area (Å²) in [6.07, 6.45) is -0.756. The van der Waals surface area contributed by atoms with Crippen molar-refractivity contribution < 1.29 is 13.9 Å². The van der Waals surface area contributed by atoms with E-state index in [2.05, 4.69) is 4.98 Å². The third-order valence-corrected chi connectivity index (χ3v) is 5.68. The van der Waals surface area contributed by atoms with Crippen molar-refractivity contribution >= 4 is 22.7 Å². The molecule has 1 saturated heterocycles. The molecule has 3 heterocycles. The molecule has 6 nitrogen and oxygen atoms in total. The van der Waals surface area contributed by atoms with Crippen LogP contribution >= 0.6 is 0 Å². The fourth-order valence-corrected chi connectivity index (χ4v) is 4.06. The zero-order valence-corrected chi connectivity index (χ0v) is 18.0. The van der Waals surface area contributed by atoms with Crippen molar-refractivity contribution in [1.82, 2.24) is 14.8 Å². The summed E-state index contributed by atoms with van der Waals surface area (Å²) in [6, 6.07) is 19.4. The van der Waals surface area contributed by atoms with Gasteiger partial charge in [0.2, 0.25) is 0 Å². The van der Waals surface area contributed by atoms with E-state index in [9.17, 15) is 9.18 Å². The Bertz CT molecular complexity index is 1280. The van der Waals surface area contributed by atoms with Gasteiger partial charge in [0.25, 0.3) is 0 Å². The van der Waals surface area contributed by atoms with Gasteiger partial charge in [-0.1, -0.05) is 30.3 Å². The molecule has 0 spiro atoms. The Morgan fingerprint density at radius 2 is 1.81 bits per heavy atom. The van der Waals surface area contributed by atoms with E-state index in [1.165, 1.54) is 0 Å². The fourth-order valence-electron chi connectivity index (χ4n) is 4.06. The number of benzene rings is 2. The molecular weight excluding hydrogens is 407 g/mol. The highest BCUT2D eigenvalue weighted by Gasteiger charge is 2.26. The van der Waals surface area contributed by atoms with Crippen molar-refractivity contribution in [3.05, 3.63) is 72.1 Å². The minimum atomic E-state index is -0.756. The second-order valence-electron chi connectivity index (χ2n) is 7.86. The molecule has 0 unspecified atom stereocenters. The van der Waals surface area contributed by atoms with Gasteiger partial charge in [-0.2, -0.15) is 5.10 Å². The number of esters is 1. The smallest absolute Gasteiger partial charge is 0.357 e. The lowest BCUT2D eigenvalue weighted by molar-refractivity contribution is 0.0520. The topological polar surface area (TPSA) is 60.2 Å². The Morgan fingerprint density at radius 3 is 2.47 bits per heavy atom. The zero-order chi connectivity index (χ0) is 22.2. The van der Waals surface area contributed by atoms with Gasteiger partial charge < -0.3 is 9.64 Å². The van der Waals surface area contributed by atoms with Crippen LogP contribution in [0.15, 0.2) is 60.7 Å². The van der Waals surface area contributed by atoms with E-state index in [4.69, 9.17) is 9.84 Å². The molecule has 1 aliphatic rings. The number of aromatic nitrogens is 3. The third kappa shape index (κ3) is 3.49. The minimum absolute atomic E-state index is 0.235. The van der Waals surface area contributed by atoms with Gasteiger partial charge >= 0.3 is 5.97 Å². The molecule has 5 rings (SSSR count). The monoisotopic (exact) mass is 430 g/mol.